The number of alkyl halides is 3. The van der Waals surface area contributed by atoms with Gasteiger partial charge in [-0.1, -0.05) is 12.1 Å². The topological polar surface area (TPSA) is 38.8 Å². The van der Waals surface area contributed by atoms with Crippen molar-refractivity contribution in [3.63, 3.8) is 0 Å². The van der Waals surface area contributed by atoms with Crippen LogP contribution in [0.15, 0.2) is 24.3 Å². The highest BCUT2D eigenvalue weighted by molar-refractivity contribution is 5.71. The zero-order valence-corrected chi connectivity index (χ0v) is 11.0. The van der Waals surface area contributed by atoms with E-state index in [1.165, 1.54) is 23.1 Å². The van der Waals surface area contributed by atoms with Gasteiger partial charge >= 0.3 is 12.5 Å². The minimum Gasteiger partial charge on any atom is -0.439 e. The molecule has 2 rings (SSSR count). The first-order chi connectivity index (χ1) is 9.31. The van der Waals surface area contributed by atoms with Crippen LogP contribution >= 0.6 is 0 Å². The zero-order chi connectivity index (χ0) is 14.9. The molecule has 4 nitrogen and oxygen atoms in total. The normalized spacial score (nSPS) is 22.9. The standard InChI is InChI=1S/C13H14F3NO3/c1-3-17-8(2)11(19-12(17)18)9-5-4-6-10(7-9)20-13(14,15)16/h4-8,11H,3H2,1-2H3/t8-,11-/m0/s1. The van der Waals surface area contributed by atoms with Crippen LogP contribution in [0.25, 0.3) is 0 Å². The molecule has 1 saturated heterocycles. The second-order valence-corrected chi connectivity index (χ2v) is 4.45. The molecule has 1 heterocycles. The van der Waals surface area contributed by atoms with Gasteiger partial charge in [-0.2, -0.15) is 0 Å². The molecule has 1 fully saturated rings. The molecule has 110 valence electrons. The molecule has 2 atom stereocenters. The fraction of sp³-hybridized carbons (Fsp3) is 0.462. The average molecular weight is 289 g/mol. The highest BCUT2D eigenvalue weighted by Gasteiger charge is 2.39. The Morgan fingerprint density at radius 2 is 2.10 bits per heavy atom. The average Bonchev–Trinajstić information content (AvgIpc) is 2.62. The molecule has 1 aromatic carbocycles. The predicted octanol–water partition coefficient (Wildman–Crippen LogP) is 3.49. The minimum absolute atomic E-state index is 0.242. The molecule has 1 aliphatic heterocycles. The molecule has 0 spiro atoms. The van der Waals surface area contributed by atoms with E-state index in [9.17, 15) is 18.0 Å². The van der Waals surface area contributed by atoms with Gasteiger partial charge in [0.2, 0.25) is 0 Å². The van der Waals surface area contributed by atoms with Crippen LogP contribution in [0.3, 0.4) is 0 Å². The summed E-state index contributed by atoms with van der Waals surface area (Å²) in [6.07, 6.45) is -5.81. The molecule has 0 saturated carbocycles. The van der Waals surface area contributed by atoms with Gasteiger partial charge < -0.3 is 14.4 Å². The van der Waals surface area contributed by atoms with Crippen LogP contribution in [0.1, 0.15) is 25.5 Å². The Bertz CT molecular complexity index is 504. The largest absolute Gasteiger partial charge is 0.573 e. The Labute approximate surface area is 114 Å². The molecule has 0 unspecified atom stereocenters. The number of ether oxygens (including phenoxy) is 2. The fourth-order valence-corrected chi connectivity index (χ4v) is 2.26. The van der Waals surface area contributed by atoms with Crippen LogP contribution in [-0.4, -0.2) is 29.9 Å². The maximum absolute atomic E-state index is 12.2. The van der Waals surface area contributed by atoms with Gasteiger partial charge in [-0.15, -0.1) is 13.2 Å². The van der Waals surface area contributed by atoms with Crippen molar-refractivity contribution in [2.75, 3.05) is 6.54 Å². The van der Waals surface area contributed by atoms with Crippen molar-refractivity contribution in [1.29, 1.82) is 0 Å². The fourth-order valence-electron chi connectivity index (χ4n) is 2.26. The summed E-state index contributed by atoms with van der Waals surface area (Å²) < 4.78 is 45.6. The minimum atomic E-state index is -4.74. The summed E-state index contributed by atoms with van der Waals surface area (Å²) in [7, 11) is 0. The highest BCUT2D eigenvalue weighted by atomic mass is 19.4. The number of halogens is 3. The third-order valence-electron chi connectivity index (χ3n) is 3.15. The van der Waals surface area contributed by atoms with Crippen molar-refractivity contribution < 1.29 is 27.4 Å². The number of carbonyl (C=O) groups excluding carboxylic acids is 1. The SMILES string of the molecule is CCN1C(=O)O[C@H](c2cccc(OC(F)(F)F)c2)[C@@H]1C. The van der Waals surface area contributed by atoms with Crippen LogP contribution in [0.2, 0.25) is 0 Å². The number of cyclic esters (lactones) is 1. The van der Waals surface area contributed by atoms with Gasteiger partial charge in [-0.25, -0.2) is 4.79 Å². The Balaban J connectivity index is 2.22. The first-order valence-corrected chi connectivity index (χ1v) is 6.15. The van der Waals surface area contributed by atoms with E-state index in [2.05, 4.69) is 4.74 Å². The zero-order valence-electron chi connectivity index (χ0n) is 11.0. The molecule has 0 radical (unpaired) electrons. The molecule has 7 heteroatoms. The van der Waals surface area contributed by atoms with E-state index in [0.717, 1.165) is 0 Å². The molecular formula is C13H14F3NO3. The number of carbonyl (C=O) groups is 1. The quantitative estimate of drug-likeness (QED) is 0.855. The first-order valence-electron chi connectivity index (χ1n) is 6.15. The van der Waals surface area contributed by atoms with E-state index in [1.54, 1.807) is 13.0 Å². The van der Waals surface area contributed by atoms with Crippen molar-refractivity contribution in [3.8, 4) is 5.75 Å². The lowest BCUT2D eigenvalue weighted by Crippen LogP contribution is -2.31. The van der Waals surface area contributed by atoms with Gasteiger partial charge in [0.25, 0.3) is 0 Å². The smallest absolute Gasteiger partial charge is 0.439 e. The van der Waals surface area contributed by atoms with Crippen molar-refractivity contribution in [3.05, 3.63) is 29.8 Å². The number of benzene rings is 1. The van der Waals surface area contributed by atoms with Gasteiger partial charge in [-0.05, 0) is 31.5 Å². The predicted molar refractivity (Wildman–Crippen MR) is 64.2 cm³/mol. The van der Waals surface area contributed by atoms with Gasteiger partial charge in [0.15, 0.2) is 0 Å². The maximum Gasteiger partial charge on any atom is 0.573 e. The number of amides is 1. The van der Waals surface area contributed by atoms with E-state index < -0.39 is 18.6 Å². The van der Waals surface area contributed by atoms with Crippen LogP contribution in [-0.2, 0) is 4.74 Å². The van der Waals surface area contributed by atoms with Crippen molar-refractivity contribution in [1.82, 2.24) is 4.90 Å². The Hall–Kier alpha value is -1.92. The number of hydrogen-bond donors (Lipinski definition) is 0. The maximum atomic E-state index is 12.2. The number of hydrogen-bond acceptors (Lipinski definition) is 3. The third-order valence-corrected chi connectivity index (χ3v) is 3.15. The molecule has 0 aromatic heterocycles. The van der Waals surface area contributed by atoms with Crippen molar-refractivity contribution >= 4 is 6.09 Å². The summed E-state index contributed by atoms with van der Waals surface area (Å²) in [6, 6.07) is 5.24. The molecular weight excluding hydrogens is 275 g/mol. The number of likely N-dealkylation sites (N-methyl/N-ethyl adjacent to an activating group) is 1. The summed E-state index contributed by atoms with van der Waals surface area (Å²) in [5, 5.41) is 0. The lowest BCUT2D eigenvalue weighted by Gasteiger charge is -2.19. The first kappa shape index (κ1) is 14.5. The molecule has 0 aliphatic carbocycles. The monoisotopic (exact) mass is 289 g/mol. The van der Waals surface area contributed by atoms with E-state index in [4.69, 9.17) is 4.74 Å². The Morgan fingerprint density at radius 3 is 2.65 bits per heavy atom. The van der Waals surface area contributed by atoms with Gasteiger partial charge in [0.05, 0.1) is 6.04 Å². The summed E-state index contributed by atoms with van der Waals surface area (Å²) in [4.78, 5) is 13.1. The summed E-state index contributed by atoms with van der Waals surface area (Å²) >= 11 is 0. The van der Waals surface area contributed by atoms with E-state index >= 15 is 0 Å². The van der Waals surface area contributed by atoms with Gasteiger partial charge in [0.1, 0.15) is 11.9 Å². The van der Waals surface area contributed by atoms with Crippen molar-refractivity contribution in [2.24, 2.45) is 0 Å². The van der Waals surface area contributed by atoms with Crippen LogP contribution < -0.4 is 4.74 Å². The highest BCUT2D eigenvalue weighted by Crippen LogP contribution is 2.34. The van der Waals surface area contributed by atoms with Gasteiger partial charge in [-0.3, -0.25) is 0 Å². The van der Waals surface area contributed by atoms with E-state index in [-0.39, 0.29) is 11.8 Å². The molecule has 0 N–H and O–H groups in total. The summed E-state index contributed by atoms with van der Waals surface area (Å²) in [5.41, 5.74) is 0.476. The number of rotatable bonds is 3. The molecule has 20 heavy (non-hydrogen) atoms. The molecule has 1 amide bonds. The van der Waals surface area contributed by atoms with Crippen LogP contribution in [0.5, 0.6) is 5.75 Å². The molecule has 0 bridgehead atoms. The van der Waals surface area contributed by atoms with E-state index in [0.29, 0.717) is 12.1 Å². The molecule has 1 aromatic rings. The lowest BCUT2D eigenvalue weighted by atomic mass is 10.0. The number of nitrogens with zero attached hydrogens (tertiary/aromatic N) is 1. The second kappa shape index (κ2) is 5.22. The van der Waals surface area contributed by atoms with Crippen LogP contribution in [0.4, 0.5) is 18.0 Å². The van der Waals surface area contributed by atoms with Gasteiger partial charge in [0, 0.05) is 6.54 Å². The Morgan fingerprint density at radius 1 is 1.40 bits per heavy atom. The molecule has 1 aliphatic rings. The third kappa shape index (κ3) is 2.97. The Kier molecular flexibility index (Phi) is 3.78. The second-order valence-electron chi connectivity index (χ2n) is 4.45. The van der Waals surface area contributed by atoms with E-state index in [1.807, 2.05) is 6.92 Å². The summed E-state index contributed by atoms with van der Waals surface area (Å²) in [5.74, 6) is -0.326. The lowest BCUT2D eigenvalue weighted by molar-refractivity contribution is -0.274. The summed E-state index contributed by atoms with van der Waals surface area (Å²) in [6.45, 7) is 4.08. The van der Waals surface area contributed by atoms with Crippen molar-refractivity contribution in [2.45, 2.75) is 32.4 Å². The van der Waals surface area contributed by atoms with Crippen LogP contribution in [0, 0.1) is 0 Å².